The van der Waals surface area contributed by atoms with Crippen LogP contribution in [0.5, 0.6) is 0 Å². The summed E-state index contributed by atoms with van der Waals surface area (Å²) in [5.41, 5.74) is 10.0. The van der Waals surface area contributed by atoms with Crippen molar-refractivity contribution >= 4 is 5.69 Å². The zero-order valence-electron chi connectivity index (χ0n) is 13.2. The Hall–Kier alpha value is -0.980. The van der Waals surface area contributed by atoms with Crippen LogP contribution in [0.1, 0.15) is 87.7 Å². The van der Waals surface area contributed by atoms with E-state index >= 15 is 0 Å². The van der Waals surface area contributed by atoms with Gasteiger partial charge in [0, 0.05) is 5.69 Å². The normalized spacial score (nSPS) is 20.1. The minimum atomic E-state index is 0.689. The fourth-order valence-corrected chi connectivity index (χ4v) is 3.53. The maximum Gasteiger partial charge on any atom is 0.0379 e. The highest BCUT2D eigenvalue weighted by molar-refractivity contribution is 5.54. The standard InChI is InChI=1S/C19H31N/c1-16-12-11-15-18(19(16)20)17-13-9-7-5-3-2-4-6-8-10-14-17/h11-12,15,17H,2-10,13-14,20H2,1H3. The molecule has 0 aliphatic heterocycles. The van der Waals surface area contributed by atoms with Gasteiger partial charge in [0.25, 0.3) is 0 Å². The Morgan fingerprint density at radius 1 is 0.800 bits per heavy atom. The molecule has 1 aromatic rings. The number of aryl methyl sites for hydroxylation is 1. The molecule has 0 heterocycles. The van der Waals surface area contributed by atoms with Crippen molar-refractivity contribution in [2.45, 2.75) is 83.5 Å². The molecule has 0 amide bonds. The summed E-state index contributed by atoms with van der Waals surface area (Å²) in [6.07, 6.45) is 15.4. The molecule has 0 spiro atoms. The highest BCUT2D eigenvalue weighted by atomic mass is 14.6. The van der Waals surface area contributed by atoms with Gasteiger partial charge in [-0.05, 0) is 36.8 Å². The van der Waals surface area contributed by atoms with Gasteiger partial charge in [-0.2, -0.15) is 0 Å². The number of para-hydroxylation sites is 1. The van der Waals surface area contributed by atoms with Crippen molar-refractivity contribution in [1.29, 1.82) is 0 Å². The van der Waals surface area contributed by atoms with Gasteiger partial charge in [0.05, 0.1) is 0 Å². The van der Waals surface area contributed by atoms with Gasteiger partial charge in [0.1, 0.15) is 0 Å². The van der Waals surface area contributed by atoms with E-state index in [4.69, 9.17) is 5.73 Å². The van der Waals surface area contributed by atoms with Gasteiger partial charge in [0.2, 0.25) is 0 Å². The third kappa shape index (κ3) is 4.54. The maximum absolute atomic E-state index is 6.33. The Morgan fingerprint density at radius 3 is 1.85 bits per heavy atom. The van der Waals surface area contributed by atoms with Crippen LogP contribution < -0.4 is 5.73 Å². The van der Waals surface area contributed by atoms with Crippen LogP contribution in [0.2, 0.25) is 0 Å². The zero-order valence-corrected chi connectivity index (χ0v) is 13.2. The van der Waals surface area contributed by atoms with Crippen molar-refractivity contribution in [1.82, 2.24) is 0 Å². The van der Waals surface area contributed by atoms with Crippen LogP contribution in [-0.2, 0) is 0 Å². The monoisotopic (exact) mass is 273 g/mol. The van der Waals surface area contributed by atoms with Crippen molar-refractivity contribution in [2.24, 2.45) is 0 Å². The molecule has 1 fully saturated rings. The number of hydrogen-bond donors (Lipinski definition) is 1. The summed E-state index contributed by atoms with van der Waals surface area (Å²) in [7, 11) is 0. The molecule has 1 saturated carbocycles. The molecule has 0 atom stereocenters. The summed E-state index contributed by atoms with van der Waals surface area (Å²) in [6.45, 7) is 2.13. The van der Waals surface area contributed by atoms with E-state index in [0.29, 0.717) is 5.92 Å². The lowest BCUT2D eigenvalue weighted by Gasteiger charge is -2.21. The molecule has 1 aliphatic carbocycles. The molecule has 0 radical (unpaired) electrons. The van der Waals surface area contributed by atoms with Crippen LogP contribution in [0.4, 0.5) is 5.69 Å². The third-order valence-corrected chi connectivity index (χ3v) is 4.90. The highest BCUT2D eigenvalue weighted by Gasteiger charge is 2.15. The second kappa shape index (κ2) is 8.34. The first-order chi connectivity index (χ1) is 9.79. The molecule has 0 saturated heterocycles. The fraction of sp³-hybridized carbons (Fsp3) is 0.684. The van der Waals surface area contributed by atoms with Gasteiger partial charge in [-0.15, -0.1) is 0 Å². The van der Waals surface area contributed by atoms with Gasteiger partial charge in [-0.1, -0.05) is 76.0 Å². The van der Waals surface area contributed by atoms with Crippen LogP contribution in [0.3, 0.4) is 0 Å². The summed E-state index contributed by atoms with van der Waals surface area (Å²) in [5, 5.41) is 0. The SMILES string of the molecule is Cc1cccc(C2CCCCCCCCCCC2)c1N. The predicted molar refractivity (Wildman–Crippen MR) is 89.1 cm³/mol. The maximum atomic E-state index is 6.33. The Balaban J connectivity index is 2.03. The number of hydrogen-bond acceptors (Lipinski definition) is 1. The molecule has 1 heteroatoms. The van der Waals surface area contributed by atoms with Crippen LogP contribution in [0.15, 0.2) is 18.2 Å². The Morgan fingerprint density at radius 2 is 1.30 bits per heavy atom. The lowest BCUT2D eigenvalue weighted by atomic mass is 9.86. The summed E-state index contributed by atoms with van der Waals surface area (Å²) >= 11 is 0. The van der Waals surface area contributed by atoms with E-state index in [2.05, 4.69) is 25.1 Å². The molecule has 0 unspecified atom stereocenters. The third-order valence-electron chi connectivity index (χ3n) is 4.90. The minimum absolute atomic E-state index is 0.689. The smallest absolute Gasteiger partial charge is 0.0379 e. The van der Waals surface area contributed by atoms with E-state index in [1.54, 1.807) is 0 Å². The second-order valence-electron chi connectivity index (χ2n) is 6.53. The largest absolute Gasteiger partial charge is 0.398 e. The van der Waals surface area contributed by atoms with Crippen LogP contribution >= 0.6 is 0 Å². The average Bonchev–Trinajstić information content (AvgIpc) is 2.43. The van der Waals surface area contributed by atoms with Crippen LogP contribution in [-0.4, -0.2) is 0 Å². The lowest BCUT2D eigenvalue weighted by Crippen LogP contribution is -2.05. The highest BCUT2D eigenvalue weighted by Crippen LogP contribution is 2.33. The van der Waals surface area contributed by atoms with Gasteiger partial charge in [0.15, 0.2) is 0 Å². The number of anilines is 1. The molecule has 112 valence electrons. The summed E-state index contributed by atoms with van der Waals surface area (Å²) in [5.74, 6) is 0.689. The molecule has 20 heavy (non-hydrogen) atoms. The lowest BCUT2D eigenvalue weighted by molar-refractivity contribution is 0.468. The second-order valence-corrected chi connectivity index (χ2v) is 6.53. The quantitative estimate of drug-likeness (QED) is 0.627. The van der Waals surface area contributed by atoms with Gasteiger partial charge < -0.3 is 5.73 Å². The zero-order chi connectivity index (χ0) is 14.2. The number of rotatable bonds is 1. The molecule has 2 rings (SSSR count). The molecule has 1 aliphatic rings. The average molecular weight is 273 g/mol. The van der Waals surface area contributed by atoms with E-state index in [1.807, 2.05) is 0 Å². The Bertz CT molecular complexity index is 385. The van der Waals surface area contributed by atoms with E-state index in [-0.39, 0.29) is 0 Å². The molecule has 1 nitrogen and oxygen atoms in total. The number of nitrogen functional groups attached to an aromatic ring is 1. The van der Waals surface area contributed by atoms with Crippen molar-refractivity contribution in [3.63, 3.8) is 0 Å². The first kappa shape index (κ1) is 15.4. The van der Waals surface area contributed by atoms with Gasteiger partial charge in [-0.25, -0.2) is 0 Å². The van der Waals surface area contributed by atoms with Crippen LogP contribution in [0, 0.1) is 6.92 Å². The molecule has 0 aromatic heterocycles. The van der Waals surface area contributed by atoms with Crippen LogP contribution in [0.25, 0.3) is 0 Å². The predicted octanol–water partition coefficient (Wildman–Crippen LogP) is 5.97. The number of nitrogens with two attached hydrogens (primary N) is 1. The summed E-state index contributed by atoms with van der Waals surface area (Å²) in [4.78, 5) is 0. The first-order valence-corrected chi connectivity index (χ1v) is 8.64. The molecule has 0 bridgehead atoms. The van der Waals surface area contributed by atoms with Gasteiger partial charge >= 0.3 is 0 Å². The van der Waals surface area contributed by atoms with E-state index in [0.717, 1.165) is 5.69 Å². The Kier molecular flexibility index (Phi) is 6.42. The molecular weight excluding hydrogens is 242 g/mol. The molecule has 2 N–H and O–H groups in total. The van der Waals surface area contributed by atoms with Crippen molar-refractivity contribution in [2.75, 3.05) is 5.73 Å². The van der Waals surface area contributed by atoms with E-state index in [9.17, 15) is 0 Å². The van der Waals surface area contributed by atoms with E-state index in [1.165, 1.54) is 81.8 Å². The molecule has 1 aromatic carbocycles. The fourth-order valence-electron chi connectivity index (χ4n) is 3.53. The number of benzene rings is 1. The van der Waals surface area contributed by atoms with Gasteiger partial charge in [-0.3, -0.25) is 0 Å². The Labute approximate surface area is 125 Å². The summed E-state index contributed by atoms with van der Waals surface area (Å²) < 4.78 is 0. The topological polar surface area (TPSA) is 26.0 Å². The van der Waals surface area contributed by atoms with Crippen molar-refractivity contribution in [3.05, 3.63) is 29.3 Å². The first-order valence-electron chi connectivity index (χ1n) is 8.64. The van der Waals surface area contributed by atoms with E-state index < -0.39 is 0 Å². The summed E-state index contributed by atoms with van der Waals surface area (Å²) in [6, 6.07) is 6.57. The molecular formula is C19H31N. The van der Waals surface area contributed by atoms with Crippen molar-refractivity contribution < 1.29 is 0 Å². The minimum Gasteiger partial charge on any atom is -0.398 e. The van der Waals surface area contributed by atoms with Crippen molar-refractivity contribution in [3.8, 4) is 0 Å².